The van der Waals surface area contributed by atoms with Crippen LogP contribution in [0, 0.1) is 11.7 Å². The van der Waals surface area contributed by atoms with Crippen LogP contribution in [0.2, 0.25) is 5.02 Å². The molecule has 8 nitrogen and oxygen atoms in total. The lowest BCUT2D eigenvalue weighted by molar-refractivity contribution is 0.0595. The van der Waals surface area contributed by atoms with Gasteiger partial charge in [-0.25, -0.2) is 17.5 Å². The van der Waals surface area contributed by atoms with Gasteiger partial charge in [0.1, 0.15) is 10.8 Å². The number of ether oxygens (including phenoxy) is 1. The number of piperidine rings is 1. The fourth-order valence-corrected chi connectivity index (χ4v) is 5.86. The van der Waals surface area contributed by atoms with Gasteiger partial charge < -0.3 is 10.1 Å². The van der Waals surface area contributed by atoms with Gasteiger partial charge in [-0.2, -0.15) is 9.40 Å². The second kappa shape index (κ2) is 9.86. The molecule has 0 amide bonds. The van der Waals surface area contributed by atoms with Crippen LogP contribution in [-0.4, -0.2) is 55.4 Å². The van der Waals surface area contributed by atoms with Crippen LogP contribution in [0.4, 0.5) is 10.1 Å². The minimum Gasteiger partial charge on any atom is -0.382 e. The molecule has 2 aliphatic rings. The SMILES string of the molecule is O=c1c(Cl)c(NC[C@@H]2CCCOC2)cnn1C1CCN(S(=O)(=O)c2cccc(F)c2)CC1. The second-order valence-electron chi connectivity index (χ2n) is 8.18. The number of anilines is 1. The first kappa shape index (κ1) is 23.2. The van der Waals surface area contributed by atoms with Crippen molar-refractivity contribution < 1.29 is 17.5 Å². The van der Waals surface area contributed by atoms with Crippen molar-refractivity contribution in [2.24, 2.45) is 5.92 Å². The molecule has 1 atom stereocenters. The number of benzene rings is 1. The zero-order valence-electron chi connectivity index (χ0n) is 17.5. The van der Waals surface area contributed by atoms with Crippen LogP contribution >= 0.6 is 11.6 Å². The minimum absolute atomic E-state index is 0.0755. The maximum atomic E-state index is 13.5. The van der Waals surface area contributed by atoms with Gasteiger partial charge in [0.15, 0.2) is 0 Å². The number of sulfonamides is 1. The standard InChI is InChI=1S/C21H26ClFN4O4S/c22-20-19(24-12-15-3-2-10-31-14-15)13-25-27(21(20)28)17-6-8-26(9-7-17)32(29,30)18-5-1-4-16(23)11-18/h1,4-5,11,13,15,17,24H,2-3,6-10,12,14H2/t15-/m0/s1. The first-order chi connectivity index (χ1) is 15.4. The van der Waals surface area contributed by atoms with Crippen LogP contribution in [0.25, 0.3) is 0 Å². The van der Waals surface area contributed by atoms with E-state index in [4.69, 9.17) is 16.3 Å². The Hall–Kier alpha value is -2.01. The van der Waals surface area contributed by atoms with E-state index in [2.05, 4.69) is 10.4 Å². The molecule has 1 N–H and O–H groups in total. The molecule has 0 spiro atoms. The highest BCUT2D eigenvalue weighted by molar-refractivity contribution is 7.89. The molecule has 0 unspecified atom stereocenters. The Morgan fingerprint density at radius 3 is 2.72 bits per heavy atom. The van der Waals surface area contributed by atoms with Crippen LogP contribution in [0.1, 0.15) is 31.7 Å². The number of aromatic nitrogens is 2. The summed E-state index contributed by atoms with van der Waals surface area (Å²) in [5.74, 6) is -0.234. The zero-order valence-corrected chi connectivity index (χ0v) is 19.1. The van der Waals surface area contributed by atoms with Gasteiger partial charge in [0.2, 0.25) is 10.0 Å². The van der Waals surface area contributed by atoms with E-state index in [1.165, 1.54) is 27.2 Å². The van der Waals surface area contributed by atoms with Crippen LogP contribution in [-0.2, 0) is 14.8 Å². The lowest BCUT2D eigenvalue weighted by Gasteiger charge is -2.31. The topological polar surface area (TPSA) is 93.5 Å². The summed E-state index contributed by atoms with van der Waals surface area (Å²) in [6, 6.07) is 4.70. The van der Waals surface area contributed by atoms with Gasteiger partial charge in [0.05, 0.1) is 29.4 Å². The lowest BCUT2D eigenvalue weighted by Crippen LogP contribution is -2.41. The predicted molar refractivity (Wildman–Crippen MR) is 119 cm³/mol. The average molecular weight is 485 g/mol. The maximum Gasteiger partial charge on any atom is 0.287 e. The number of nitrogens with one attached hydrogen (secondary N) is 1. The second-order valence-corrected chi connectivity index (χ2v) is 10.5. The predicted octanol–water partition coefficient (Wildman–Crippen LogP) is 2.90. The monoisotopic (exact) mass is 484 g/mol. The molecule has 174 valence electrons. The molecule has 1 aromatic carbocycles. The molecule has 0 aliphatic carbocycles. The third-order valence-corrected chi connectivity index (χ3v) is 8.24. The highest BCUT2D eigenvalue weighted by atomic mass is 35.5. The molecule has 32 heavy (non-hydrogen) atoms. The van der Waals surface area contributed by atoms with E-state index < -0.39 is 21.4 Å². The smallest absolute Gasteiger partial charge is 0.287 e. The normalized spacial score (nSPS) is 20.9. The van der Waals surface area contributed by atoms with E-state index in [1.807, 2.05) is 0 Å². The summed E-state index contributed by atoms with van der Waals surface area (Å²) in [5.41, 5.74) is 0.0904. The van der Waals surface area contributed by atoms with Crippen molar-refractivity contribution in [2.75, 3.05) is 38.2 Å². The van der Waals surface area contributed by atoms with Gasteiger partial charge in [0, 0.05) is 26.2 Å². The Kier molecular flexibility index (Phi) is 7.14. The largest absolute Gasteiger partial charge is 0.382 e. The minimum atomic E-state index is -3.79. The van der Waals surface area contributed by atoms with Crippen molar-refractivity contribution in [1.82, 2.24) is 14.1 Å². The molecular weight excluding hydrogens is 459 g/mol. The Bertz CT molecular complexity index is 1110. The summed E-state index contributed by atoms with van der Waals surface area (Å²) >= 11 is 6.32. The number of halogens is 2. The van der Waals surface area contributed by atoms with Crippen molar-refractivity contribution in [1.29, 1.82) is 0 Å². The molecule has 2 aromatic rings. The molecular formula is C21H26ClFN4O4S. The quantitative estimate of drug-likeness (QED) is 0.677. The number of hydrogen-bond donors (Lipinski definition) is 1. The molecule has 4 rings (SSSR count). The van der Waals surface area contributed by atoms with Crippen LogP contribution in [0.5, 0.6) is 0 Å². The van der Waals surface area contributed by atoms with Crippen molar-refractivity contribution in [3.63, 3.8) is 0 Å². The molecule has 0 bridgehead atoms. The van der Waals surface area contributed by atoms with Crippen molar-refractivity contribution in [3.8, 4) is 0 Å². The molecule has 1 aromatic heterocycles. The first-order valence-corrected chi connectivity index (χ1v) is 12.5. The highest BCUT2D eigenvalue weighted by Crippen LogP contribution is 2.27. The molecule has 2 fully saturated rings. The molecule has 0 saturated carbocycles. The van der Waals surface area contributed by atoms with Gasteiger partial charge in [-0.15, -0.1) is 0 Å². The van der Waals surface area contributed by atoms with E-state index in [-0.39, 0.29) is 29.0 Å². The molecule has 2 saturated heterocycles. The summed E-state index contributed by atoms with van der Waals surface area (Å²) in [4.78, 5) is 12.7. The Labute approximate surface area is 191 Å². The van der Waals surface area contributed by atoms with Gasteiger partial charge in [-0.1, -0.05) is 17.7 Å². The fraction of sp³-hybridized carbons (Fsp3) is 0.524. The number of rotatable bonds is 6. The summed E-state index contributed by atoms with van der Waals surface area (Å²) in [7, 11) is -3.79. The lowest BCUT2D eigenvalue weighted by atomic mass is 10.0. The fourth-order valence-electron chi connectivity index (χ4n) is 4.15. The highest BCUT2D eigenvalue weighted by Gasteiger charge is 2.31. The van der Waals surface area contributed by atoms with E-state index >= 15 is 0 Å². The van der Waals surface area contributed by atoms with Crippen molar-refractivity contribution >= 4 is 27.3 Å². The van der Waals surface area contributed by atoms with Crippen molar-refractivity contribution in [2.45, 2.75) is 36.6 Å². The summed E-state index contributed by atoms with van der Waals surface area (Å²) in [5, 5.41) is 7.56. The third kappa shape index (κ3) is 4.98. The van der Waals surface area contributed by atoms with Crippen LogP contribution in [0.15, 0.2) is 40.2 Å². The Balaban J connectivity index is 1.41. The Morgan fingerprint density at radius 2 is 2.03 bits per heavy atom. The van der Waals surface area contributed by atoms with E-state index in [0.29, 0.717) is 37.6 Å². The van der Waals surface area contributed by atoms with Gasteiger partial charge in [0.25, 0.3) is 5.56 Å². The molecule has 0 radical (unpaired) electrons. The summed E-state index contributed by atoms with van der Waals surface area (Å²) < 4.78 is 47.2. The summed E-state index contributed by atoms with van der Waals surface area (Å²) in [6.45, 7) is 2.54. The first-order valence-electron chi connectivity index (χ1n) is 10.7. The van der Waals surface area contributed by atoms with E-state index in [0.717, 1.165) is 25.5 Å². The van der Waals surface area contributed by atoms with Crippen LogP contribution in [0.3, 0.4) is 0 Å². The molecule has 3 heterocycles. The van der Waals surface area contributed by atoms with Crippen LogP contribution < -0.4 is 10.9 Å². The maximum absolute atomic E-state index is 13.5. The van der Waals surface area contributed by atoms with Crippen molar-refractivity contribution in [3.05, 3.63) is 51.7 Å². The zero-order chi connectivity index (χ0) is 22.7. The Morgan fingerprint density at radius 1 is 1.25 bits per heavy atom. The molecule has 2 aliphatic heterocycles. The van der Waals surface area contributed by atoms with Gasteiger partial charge >= 0.3 is 0 Å². The van der Waals surface area contributed by atoms with E-state index in [9.17, 15) is 17.6 Å². The van der Waals surface area contributed by atoms with Gasteiger partial charge in [-0.3, -0.25) is 4.79 Å². The third-order valence-electron chi connectivity index (χ3n) is 5.98. The van der Waals surface area contributed by atoms with E-state index in [1.54, 1.807) is 6.20 Å². The number of hydrogen-bond acceptors (Lipinski definition) is 6. The average Bonchev–Trinajstić information content (AvgIpc) is 2.81. The number of nitrogens with zero attached hydrogens (tertiary/aromatic N) is 3. The molecule has 11 heteroatoms. The summed E-state index contributed by atoms with van der Waals surface area (Å²) in [6.07, 6.45) is 4.44. The van der Waals surface area contributed by atoms with Gasteiger partial charge in [-0.05, 0) is 49.8 Å².